The molecule has 4 rings (SSSR count). The smallest absolute Gasteiger partial charge is 0.408 e. The second-order valence-electron chi connectivity index (χ2n) is 12.3. The minimum Gasteiger partial charge on any atom is -0.446 e. The number of alkyl halides is 2. The number of hydrogen-bond donors (Lipinski definition) is 3. The molecule has 3 aliphatic carbocycles. The predicted octanol–water partition coefficient (Wildman–Crippen LogP) is 3.64. The van der Waals surface area contributed by atoms with Crippen LogP contribution in [0.4, 0.5) is 4.79 Å². The van der Waals surface area contributed by atoms with E-state index >= 15 is 0 Å². The number of fused-ring (bicyclic) bond motifs is 1. The van der Waals surface area contributed by atoms with Crippen molar-refractivity contribution >= 4 is 52.8 Å². The van der Waals surface area contributed by atoms with Crippen LogP contribution in [-0.4, -0.2) is 76.2 Å². The van der Waals surface area contributed by atoms with Crippen LogP contribution in [0.3, 0.4) is 0 Å². The molecule has 0 bridgehead atoms. The predicted molar refractivity (Wildman–Crippen MR) is 159 cm³/mol. The van der Waals surface area contributed by atoms with Gasteiger partial charge in [0.15, 0.2) is 0 Å². The second kappa shape index (κ2) is 14.0. The van der Waals surface area contributed by atoms with Crippen molar-refractivity contribution in [2.75, 3.05) is 13.1 Å². The Labute approximate surface area is 258 Å². The Hall–Kier alpha value is -2.33. The summed E-state index contributed by atoms with van der Waals surface area (Å²) in [6.45, 7) is 7.69. The van der Waals surface area contributed by atoms with Gasteiger partial charge in [-0.3, -0.25) is 19.2 Å². The Morgan fingerprint density at radius 2 is 1.76 bits per heavy atom. The van der Waals surface area contributed by atoms with E-state index in [1.807, 2.05) is 6.92 Å². The monoisotopic (exact) mass is 626 g/mol. The van der Waals surface area contributed by atoms with Crippen LogP contribution in [0.25, 0.3) is 0 Å². The van der Waals surface area contributed by atoms with Gasteiger partial charge in [-0.25, -0.2) is 4.79 Å². The maximum Gasteiger partial charge on any atom is 0.408 e. The van der Waals surface area contributed by atoms with Crippen LogP contribution in [0.1, 0.15) is 78.1 Å². The van der Waals surface area contributed by atoms with Crippen LogP contribution in [-0.2, 0) is 23.9 Å². The number of alkyl carbamates (subject to hydrolysis) is 1. The van der Waals surface area contributed by atoms with Crippen molar-refractivity contribution in [1.82, 2.24) is 20.9 Å². The standard InChI is InChI=1S/C30H44Cl2N4O6/c1-4-10-20(25(37)27(39)33-15-5-2)34-26(38)24-22-19(30(22,31)32)16-36(24)28(40)23(18-12-7-6-8-13-18)35-29(41)42-21-14-9-11-17(21)3/h5,17-24H,2,4,6-16H2,1,3H3,(H,33,39)(H,34,38)(H,35,41)/t17-,19-,20?,21-,22-,23-,24-/m0/s1. The lowest BCUT2D eigenvalue weighted by atomic mass is 9.83. The first kappa shape index (κ1) is 32.6. The first-order valence-corrected chi connectivity index (χ1v) is 16.2. The van der Waals surface area contributed by atoms with E-state index in [-0.39, 0.29) is 49.3 Å². The Bertz CT molecular complexity index is 1060. The molecule has 10 nitrogen and oxygen atoms in total. The number of halogens is 2. The highest BCUT2D eigenvalue weighted by Gasteiger charge is 2.74. The largest absolute Gasteiger partial charge is 0.446 e. The summed E-state index contributed by atoms with van der Waals surface area (Å²) in [4.78, 5) is 67.7. The number of ether oxygens (including phenoxy) is 1. The number of nitrogens with one attached hydrogen (secondary N) is 3. The van der Waals surface area contributed by atoms with E-state index in [0.717, 1.165) is 51.4 Å². The third-order valence-corrected chi connectivity index (χ3v) is 10.5. The molecule has 0 radical (unpaired) electrons. The van der Waals surface area contributed by atoms with E-state index in [1.54, 1.807) is 0 Å². The Balaban J connectivity index is 1.52. The summed E-state index contributed by atoms with van der Waals surface area (Å²) >= 11 is 13.0. The molecule has 3 N–H and O–H groups in total. The molecular weight excluding hydrogens is 583 g/mol. The average molecular weight is 628 g/mol. The third-order valence-electron chi connectivity index (χ3n) is 9.43. The number of Topliss-reactive ketones (excluding diaryl/α,β-unsaturated/α-hetero) is 1. The topological polar surface area (TPSA) is 134 Å². The van der Waals surface area contributed by atoms with Crippen molar-refractivity contribution < 1.29 is 28.7 Å². The molecule has 1 aliphatic heterocycles. The summed E-state index contributed by atoms with van der Waals surface area (Å²) in [7, 11) is 0. The maximum absolute atomic E-state index is 14.2. The number of rotatable bonds is 12. The van der Waals surface area contributed by atoms with E-state index in [2.05, 4.69) is 29.5 Å². The molecule has 1 heterocycles. The van der Waals surface area contributed by atoms with Crippen molar-refractivity contribution in [1.29, 1.82) is 0 Å². The van der Waals surface area contributed by atoms with Gasteiger partial charge in [0.2, 0.25) is 17.6 Å². The van der Waals surface area contributed by atoms with Gasteiger partial charge in [0, 0.05) is 24.9 Å². The van der Waals surface area contributed by atoms with Gasteiger partial charge in [-0.15, -0.1) is 29.8 Å². The molecule has 12 heteroatoms. The fourth-order valence-electron chi connectivity index (χ4n) is 6.97. The highest BCUT2D eigenvalue weighted by atomic mass is 35.5. The molecule has 0 aromatic rings. The van der Waals surface area contributed by atoms with Gasteiger partial charge in [-0.1, -0.05) is 45.6 Å². The minimum absolute atomic E-state index is 0.0971. The molecule has 4 aliphatic rings. The van der Waals surface area contributed by atoms with Gasteiger partial charge in [-0.2, -0.15) is 0 Å². The number of hydrogen-bond acceptors (Lipinski definition) is 6. The number of carbonyl (C=O) groups excluding carboxylic acids is 5. The van der Waals surface area contributed by atoms with E-state index in [0.29, 0.717) is 6.42 Å². The Morgan fingerprint density at radius 3 is 2.38 bits per heavy atom. The lowest BCUT2D eigenvalue weighted by molar-refractivity contribution is -0.144. The molecule has 4 fully saturated rings. The molecule has 3 saturated carbocycles. The number of carbonyl (C=O) groups is 5. The van der Waals surface area contributed by atoms with E-state index in [4.69, 9.17) is 27.9 Å². The van der Waals surface area contributed by atoms with E-state index in [9.17, 15) is 24.0 Å². The zero-order chi connectivity index (χ0) is 30.6. The van der Waals surface area contributed by atoms with Gasteiger partial charge in [-0.05, 0) is 50.4 Å². The molecule has 42 heavy (non-hydrogen) atoms. The van der Waals surface area contributed by atoms with Crippen molar-refractivity contribution in [3.8, 4) is 0 Å². The van der Waals surface area contributed by atoms with Gasteiger partial charge < -0.3 is 25.6 Å². The van der Waals surface area contributed by atoms with Gasteiger partial charge in [0.05, 0.1) is 6.04 Å². The van der Waals surface area contributed by atoms with Crippen LogP contribution in [0.2, 0.25) is 0 Å². The average Bonchev–Trinajstić information content (AvgIpc) is 3.30. The maximum atomic E-state index is 14.2. The fraction of sp³-hybridized carbons (Fsp3) is 0.767. The van der Waals surface area contributed by atoms with Crippen molar-refractivity contribution in [2.24, 2.45) is 23.7 Å². The van der Waals surface area contributed by atoms with Crippen LogP contribution in [0.5, 0.6) is 0 Å². The number of amides is 4. The highest BCUT2D eigenvalue weighted by Crippen LogP contribution is 2.65. The van der Waals surface area contributed by atoms with E-state index in [1.165, 1.54) is 11.0 Å². The lowest BCUT2D eigenvalue weighted by Crippen LogP contribution is -2.60. The zero-order valence-electron chi connectivity index (χ0n) is 24.5. The Morgan fingerprint density at radius 1 is 1.05 bits per heavy atom. The van der Waals surface area contributed by atoms with Crippen LogP contribution in [0.15, 0.2) is 12.7 Å². The lowest BCUT2D eigenvalue weighted by Gasteiger charge is -2.36. The molecule has 7 atom stereocenters. The molecule has 1 unspecified atom stereocenters. The van der Waals surface area contributed by atoms with Crippen LogP contribution >= 0.6 is 23.2 Å². The van der Waals surface area contributed by atoms with Gasteiger partial charge in [0.25, 0.3) is 5.91 Å². The first-order valence-electron chi connectivity index (χ1n) is 15.4. The van der Waals surface area contributed by atoms with Gasteiger partial charge in [0.1, 0.15) is 22.5 Å². The summed E-state index contributed by atoms with van der Waals surface area (Å²) in [6.07, 6.45) is 8.71. The molecule has 1 saturated heterocycles. The Kier molecular flexibility index (Phi) is 10.8. The fourth-order valence-corrected chi connectivity index (χ4v) is 7.80. The van der Waals surface area contributed by atoms with Crippen molar-refractivity contribution in [3.63, 3.8) is 0 Å². The van der Waals surface area contributed by atoms with E-state index < -0.39 is 52.1 Å². The quantitative estimate of drug-likeness (QED) is 0.172. The normalized spacial score (nSPS) is 29.5. The van der Waals surface area contributed by atoms with Gasteiger partial charge >= 0.3 is 6.09 Å². The first-order chi connectivity index (χ1) is 20.0. The number of nitrogens with zero attached hydrogens (tertiary/aromatic N) is 1. The molecule has 0 aromatic carbocycles. The molecule has 234 valence electrons. The second-order valence-corrected chi connectivity index (χ2v) is 13.8. The number of ketones is 1. The molecule has 0 aromatic heterocycles. The summed E-state index contributed by atoms with van der Waals surface area (Å²) < 4.78 is 4.54. The minimum atomic E-state index is -1.18. The summed E-state index contributed by atoms with van der Waals surface area (Å²) in [5.74, 6) is -3.26. The van der Waals surface area contributed by atoms with Crippen LogP contribution in [0, 0.1) is 23.7 Å². The van der Waals surface area contributed by atoms with Crippen molar-refractivity contribution in [3.05, 3.63) is 12.7 Å². The molecular formula is C30H44Cl2N4O6. The number of likely N-dealkylation sites (tertiary alicyclic amines) is 1. The third kappa shape index (κ3) is 7.07. The summed E-state index contributed by atoms with van der Waals surface area (Å²) in [5.41, 5.74) is 0. The summed E-state index contributed by atoms with van der Waals surface area (Å²) in [6, 6.07) is -2.97. The molecule has 4 amide bonds. The highest BCUT2D eigenvalue weighted by molar-refractivity contribution is 6.51. The van der Waals surface area contributed by atoms with Crippen LogP contribution < -0.4 is 16.0 Å². The molecule has 0 spiro atoms. The summed E-state index contributed by atoms with van der Waals surface area (Å²) in [5, 5.41) is 8.03. The SMILES string of the molecule is C=CCNC(=O)C(=O)C(CCC)NC(=O)[C@@H]1[C@@H]2[C@H](CN1C(=O)[C@@H](NC(=O)O[C@H]1CCC[C@@H]1C)C1CCCCC1)C2(Cl)Cl. The zero-order valence-corrected chi connectivity index (χ0v) is 26.1. The number of piperidine rings is 1. The van der Waals surface area contributed by atoms with Crippen molar-refractivity contribution in [2.45, 2.75) is 107 Å².